The highest BCUT2D eigenvalue weighted by Crippen LogP contribution is 2.37. The molecule has 0 atom stereocenters. The second kappa shape index (κ2) is 5.38. The molecule has 1 heterocycles. The van der Waals surface area contributed by atoms with Gasteiger partial charge in [-0.1, -0.05) is 26.2 Å². The van der Waals surface area contributed by atoms with Gasteiger partial charge in [-0.3, -0.25) is 4.79 Å². The average Bonchev–Trinajstić information content (AvgIpc) is 2.78. The predicted octanol–water partition coefficient (Wildman–Crippen LogP) is 3.40. The van der Waals surface area contributed by atoms with E-state index in [1.54, 1.807) is 0 Å². The summed E-state index contributed by atoms with van der Waals surface area (Å²) in [4.78, 5) is 22.4. The number of hydrogen-bond donors (Lipinski definition) is 1. The number of carboxylic acid groups (broad SMARTS) is 1. The Morgan fingerprint density at radius 2 is 2.06 bits per heavy atom. The largest absolute Gasteiger partial charge is 0.478 e. The molecule has 0 amide bonds. The first-order valence-electron chi connectivity index (χ1n) is 6.53. The zero-order chi connectivity index (χ0) is 13.1. The van der Waals surface area contributed by atoms with E-state index in [-0.39, 0.29) is 17.0 Å². The molecule has 1 fully saturated rings. The highest BCUT2D eigenvalue weighted by Gasteiger charge is 2.30. The smallest absolute Gasteiger partial charge is 0.340 e. The van der Waals surface area contributed by atoms with Gasteiger partial charge in [0.15, 0.2) is 6.29 Å². The van der Waals surface area contributed by atoms with Crippen molar-refractivity contribution >= 4 is 12.3 Å². The van der Waals surface area contributed by atoms with Crippen LogP contribution in [0.3, 0.4) is 0 Å². The summed E-state index contributed by atoms with van der Waals surface area (Å²) in [5.74, 6) is 0.120. The second-order valence-electron chi connectivity index (χ2n) is 4.79. The van der Waals surface area contributed by atoms with Crippen molar-refractivity contribution < 1.29 is 19.1 Å². The van der Waals surface area contributed by atoms with Crippen LogP contribution in [-0.4, -0.2) is 17.4 Å². The summed E-state index contributed by atoms with van der Waals surface area (Å²) < 4.78 is 5.67. The van der Waals surface area contributed by atoms with Gasteiger partial charge in [-0.25, -0.2) is 4.79 Å². The fourth-order valence-electron chi connectivity index (χ4n) is 2.77. The Labute approximate surface area is 106 Å². The van der Waals surface area contributed by atoms with Crippen LogP contribution in [-0.2, 0) is 6.42 Å². The first-order chi connectivity index (χ1) is 8.69. The van der Waals surface area contributed by atoms with E-state index in [1.165, 1.54) is 6.42 Å². The van der Waals surface area contributed by atoms with Gasteiger partial charge < -0.3 is 9.52 Å². The molecule has 0 aromatic carbocycles. The van der Waals surface area contributed by atoms with Crippen LogP contribution < -0.4 is 0 Å². The van der Waals surface area contributed by atoms with Crippen molar-refractivity contribution in [3.8, 4) is 0 Å². The van der Waals surface area contributed by atoms with Gasteiger partial charge in [0.05, 0.1) is 5.56 Å². The minimum Gasteiger partial charge on any atom is -0.478 e. The monoisotopic (exact) mass is 250 g/mol. The van der Waals surface area contributed by atoms with Gasteiger partial charge in [-0.2, -0.15) is 0 Å². The SMILES string of the molecule is CCc1oc(C2CCCCC2)c(C(=O)O)c1C=O. The highest BCUT2D eigenvalue weighted by atomic mass is 16.4. The summed E-state index contributed by atoms with van der Waals surface area (Å²) in [5, 5.41) is 9.30. The van der Waals surface area contributed by atoms with E-state index in [9.17, 15) is 14.7 Å². The van der Waals surface area contributed by atoms with E-state index in [0.29, 0.717) is 24.2 Å². The quantitative estimate of drug-likeness (QED) is 0.831. The fourth-order valence-corrected chi connectivity index (χ4v) is 2.77. The zero-order valence-corrected chi connectivity index (χ0v) is 10.6. The van der Waals surface area contributed by atoms with E-state index in [1.807, 2.05) is 6.92 Å². The number of aldehydes is 1. The van der Waals surface area contributed by atoms with Crippen LogP contribution in [0.15, 0.2) is 4.42 Å². The van der Waals surface area contributed by atoms with Crippen LogP contribution in [0.25, 0.3) is 0 Å². The third-order valence-electron chi connectivity index (χ3n) is 3.68. The average molecular weight is 250 g/mol. The lowest BCUT2D eigenvalue weighted by atomic mass is 9.85. The van der Waals surface area contributed by atoms with Crippen LogP contribution in [0.1, 0.15) is 77.2 Å². The van der Waals surface area contributed by atoms with Crippen LogP contribution in [0, 0.1) is 0 Å². The zero-order valence-electron chi connectivity index (χ0n) is 10.6. The van der Waals surface area contributed by atoms with Crippen molar-refractivity contribution in [2.45, 2.75) is 51.4 Å². The van der Waals surface area contributed by atoms with Gasteiger partial charge in [-0.05, 0) is 12.8 Å². The number of furan rings is 1. The molecule has 0 spiro atoms. The Morgan fingerprint density at radius 3 is 2.56 bits per heavy atom. The molecule has 1 N–H and O–H groups in total. The maximum atomic E-state index is 11.4. The summed E-state index contributed by atoms with van der Waals surface area (Å²) in [5.41, 5.74) is 0.319. The van der Waals surface area contributed by atoms with E-state index in [4.69, 9.17) is 4.42 Å². The molecule has 18 heavy (non-hydrogen) atoms. The molecular formula is C14H18O4. The van der Waals surface area contributed by atoms with E-state index < -0.39 is 5.97 Å². The topological polar surface area (TPSA) is 67.5 Å². The van der Waals surface area contributed by atoms with Crippen molar-refractivity contribution in [1.29, 1.82) is 0 Å². The molecule has 4 nitrogen and oxygen atoms in total. The van der Waals surface area contributed by atoms with Gasteiger partial charge in [0.1, 0.15) is 17.1 Å². The number of carbonyl (C=O) groups is 2. The summed E-state index contributed by atoms with van der Waals surface area (Å²) in [6, 6.07) is 0. The normalized spacial score (nSPS) is 16.7. The predicted molar refractivity (Wildman–Crippen MR) is 66.3 cm³/mol. The summed E-state index contributed by atoms with van der Waals surface area (Å²) in [7, 11) is 0. The van der Waals surface area contributed by atoms with E-state index in [0.717, 1.165) is 25.7 Å². The molecule has 0 unspecified atom stereocenters. The van der Waals surface area contributed by atoms with Crippen molar-refractivity contribution in [2.75, 3.05) is 0 Å². The Hall–Kier alpha value is -1.58. The molecule has 1 aliphatic rings. The second-order valence-corrected chi connectivity index (χ2v) is 4.79. The lowest BCUT2D eigenvalue weighted by molar-refractivity contribution is 0.0690. The van der Waals surface area contributed by atoms with Crippen molar-refractivity contribution in [3.05, 3.63) is 22.6 Å². The molecule has 0 saturated heterocycles. The Bertz CT molecular complexity index is 453. The van der Waals surface area contributed by atoms with Crippen molar-refractivity contribution in [3.63, 3.8) is 0 Å². The Kier molecular flexibility index (Phi) is 3.84. The van der Waals surface area contributed by atoms with Gasteiger partial charge in [0, 0.05) is 12.3 Å². The van der Waals surface area contributed by atoms with Crippen LogP contribution >= 0.6 is 0 Å². The van der Waals surface area contributed by atoms with Crippen molar-refractivity contribution in [2.24, 2.45) is 0 Å². The third kappa shape index (κ3) is 2.19. The molecule has 0 radical (unpaired) electrons. The number of hydrogen-bond acceptors (Lipinski definition) is 3. The summed E-state index contributed by atoms with van der Waals surface area (Å²) in [6.07, 6.45) is 6.45. The molecule has 1 aliphatic carbocycles. The first-order valence-corrected chi connectivity index (χ1v) is 6.53. The standard InChI is InChI=1S/C14H18O4/c1-2-11-10(8-15)12(14(16)17)13(18-11)9-6-4-3-5-7-9/h8-9H,2-7H2,1H3,(H,16,17). The van der Waals surface area contributed by atoms with Gasteiger partial charge >= 0.3 is 5.97 Å². The minimum absolute atomic E-state index is 0.0914. The van der Waals surface area contributed by atoms with E-state index >= 15 is 0 Å². The summed E-state index contributed by atoms with van der Waals surface area (Å²) >= 11 is 0. The minimum atomic E-state index is -1.05. The number of carboxylic acids is 1. The maximum Gasteiger partial charge on any atom is 0.340 e. The molecule has 4 heteroatoms. The third-order valence-corrected chi connectivity index (χ3v) is 3.68. The maximum absolute atomic E-state index is 11.4. The number of aromatic carboxylic acids is 1. The lowest BCUT2D eigenvalue weighted by Crippen LogP contribution is -2.09. The summed E-state index contributed by atoms with van der Waals surface area (Å²) in [6.45, 7) is 1.86. The van der Waals surface area contributed by atoms with Crippen LogP contribution in [0.2, 0.25) is 0 Å². The molecule has 0 bridgehead atoms. The van der Waals surface area contributed by atoms with Gasteiger partial charge in [0.25, 0.3) is 0 Å². The molecule has 2 rings (SSSR count). The molecule has 1 aromatic heterocycles. The van der Waals surface area contributed by atoms with Gasteiger partial charge in [-0.15, -0.1) is 0 Å². The van der Waals surface area contributed by atoms with Crippen LogP contribution in [0.4, 0.5) is 0 Å². The number of aryl methyl sites for hydroxylation is 1. The van der Waals surface area contributed by atoms with E-state index in [2.05, 4.69) is 0 Å². The first kappa shape index (κ1) is 12.9. The lowest BCUT2D eigenvalue weighted by Gasteiger charge is -2.20. The Morgan fingerprint density at radius 1 is 1.39 bits per heavy atom. The fraction of sp³-hybridized carbons (Fsp3) is 0.571. The Balaban J connectivity index is 2.47. The molecular weight excluding hydrogens is 232 g/mol. The van der Waals surface area contributed by atoms with Crippen LogP contribution in [0.5, 0.6) is 0 Å². The van der Waals surface area contributed by atoms with Crippen molar-refractivity contribution in [1.82, 2.24) is 0 Å². The number of rotatable bonds is 4. The molecule has 98 valence electrons. The molecule has 0 aliphatic heterocycles. The molecule has 1 saturated carbocycles. The number of carbonyl (C=O) groups excluding carboxylic acids is 1. The van der Waals surface area contributed by atoms with Gasteiger partial charge in [0.2, 0.25) is 0 Å². The molecule has 1 aromatic rings. The highest BCUT2D eigenvalue weighted by molar-refractivity contribution is 5.99.